The van der Waals surface area contributed by atoms with Gasteiger partial charge in [0.05, 0.1) is 19.2 Å². The first-order chi connectivity index (χ1) is 14.9. The molecule has 31 heavy (non-hydrogen) atoms. The number of methoxy groups -OCH3 is 1. The largest absolute Gasteiger partial charge is 0.497 e. The number of thiocarbonyl (C=S) groups is 1. The van der Waals surface area contributed by atoms with E-state index in [0.717, 1.165) is 62.3 Å². The number of pyridine rings is 1. The van der Waals surface area contributed by atoms with Crippen molar-refractivity contribution in [3.63, 3.8) is 0 Å². The zero-order valence-corrected chi connectivity index (χ0v) is 20.3. The summed E-state index contributed by atoms with van der Waals surface area (Å²) in [7, 11) is 5.75. The molecule has 0 radical (unpaired) electrons. The summed E-state index contributed by atoms with van der Waals surface area (Å²) in [5.74, 6) is 0.722. The Hall–Kier alpha value is -2.16. The summed E-state index contributed by atoms with van der Waals surface area (Å²) >= 11 is 5.70. The number of rotatable bonds is 12. The van der Waals surface area contributed by atoms with Crippen LogP contribution in [0.25, 0.3) is 10.9 Å². The molecule has 0 amide bonds. The lowest BCUT2D eigenvalue weighted by molar-refractivity contribution is 0.263. The van der Waals surface area contributed by atoms with Gasteiger partial charge in [-0.05, 0) is 76.0 Å². The molecule has 2 rings (SSSR count). The number of likely N-dealkylation sites (N-methyl/N-ethyl adjacent to an activating group) is 1. The SMILES string of the molecule is CCN(CC)CCN(Cc1cc2ccc(OC)cc2[nH]c1=O)C(=S)NCCCN(C)C. The van der Waals surface area contributed by atoms with E-state index in [4.69, 9.17) is 17.0 Å². The first-order valence-corrected chi connectivity index (χ1v) is 11.4. The van der Waals surface area contributed by atoms with Crippen LogP contribution in [0.2, 0.25) is 0 Å². The molecule has 0 unspecified atom stereocenters. The molecule has 0 aliphatic carbocycles. The van der Waals surface area contributed by atoms with Crippen LogP contribution in [0, 0.1) is 0 Å². The Balaban J connectivity index is 2.17. The Kier molecular flexibility index (Phi) is 10.2. The Morgan fingerprint density at radius 2 is 1.87 bits per heavy atom. The predicted octanol–water partition coefficient (Wildman–Crippen LogP) is 2.51. The van der Waals surface area contributed by atoms with E-state index in [-0.39, 0.29) is 5.56 Å². The average Bonchev–Trinajstić information content (AvgIpc) is 2.76. The third-order valence-corrected chi connectivity index (χ3v) is 5.82. The number of aromatic nitrogens is 1. The van der Waals surface area contributed by atoms with Gasteiger partial charge in [0.1, 0.15) is 5.75 Å². The summed E-state index contributed by atoms with van der Waals surface area (Å²) in [6.45, 7) is 10.3. The molecular weight excluding hydrogens is 410 g/mol. The first kappa shape index (κ1) is 25.1. The molecule has 1 heterocycles. The van der Waals surface area contributed by atoms with Crippen molar-refractivity contribution < 1.29 is 4.74 Å². The molecular formula is C23H37N5O2S. The van der Waals surface area contributed by atoms with Gasteiger partial charge < -0.3 is 29.7 Å². The molecule has 0 aliphatic rings. The number of hydrogen-bond donors (Lipinski definition) is 2. The topological polar surface area (TPSA) is 63.8 Å². The predicted molar refractivity (Wildman–Crippen MR) is 133 cm³/mol. The Morgan fingerprint density at radius 3 is 2.52 bits per heavy atom. The average molecular weight is 448 g/mol. The third-order valence-electron chi connectivity index (χ3n) is 5.42. The van der Waals surface area contributed by atoms with E-state index >= 15 is 0 Å². The Labute approximate surface area is 191 Å². The molecule has 0 aliphatic heterocycles. The number of H-pyrrole nitrogens is 1. The molecule has 2 N–H and O–H groups in total. The molecule has 0 saturated heterocycles. The molecule has 0 atom stereocenters. The quantitative estimate of drug-likeness (QED) is 0.383. The second kappa shape index (κ2) is 12.6. The Morgan fingerprint density at radius 1 is 1.13 bits per heavy atom. The van der Waals surface area contributed by atoms with Crippen molar-refractivity contribution in [2.24, 2.45) is 0 Å². The van der Waals surface area contributed by atoms with Gasteiger partial charge >= 0.3 is 0 Å². The molecule has 2 aromatic rings. The maximum atomic E-state index is 12.8. The molecule has 7 nitrogen and oxygen atoms in total. The zero-order chi connectivity index (χ0) is 22.8. The molecule has 1 aromatic carbocycles. The number of hydrogen-bond acceptors (Lipinski definition) is 5. The van der Waals surface area contributed by atoms with Crippen LogP contribution in [-0.2, 0) is 6.54 Å². The first-order valence-electron chi connectivity index (χ1n) is 11.0. The van der Waals surface area contributed by atoms with Crippen molar-refractivity contribution in [2.75, 3.05) is 60.5 Å². The van der Waals surface area contributed by atoms with Gasteiger partial charge in [-0.1, -0.05) is 13.8 Å². The summed E-state index contributed by atoms with van der Waals surface area (Å²) in [6, 6.07) is 7.66. The van der Waals surface area contributed by atoms with Gasteiger partial charge in [0, 0.05) is 31.3 Å². The highest BCUT2D eigenvalue weighted by atomic mass is 32.1. The normalized spacial score (nSPS) is 11.3. The van der Waals surface area contributed by atoms with Crippen LogP contribution in [0.3, 0.4) is 0 Å². The minimum absolute atomic E-state index is 0.0935. The molecule has 0 bridgehead atoms. The van der Waals surface area contributed by atoms with Crippen LogP contribution < -0.4 is 15.6 Å². The number of fused-ring (bicyclic) bond motifs is 1. The van der Waals surface area contributed by atoms with Crippen molar-refractivity contribution in [2.45, 2.75) is 26.8 Å². The van der Waals surface area contributed by atoms with Gasteiger partial charge in [-0.25, -0.2) is 0 Å². The number of ether oxygens (including phenoxy) is 1. The molecule has 0 fully saturated rings. The minimum Gasteiger partial charge on any atom is -0.497 e. The monoisotopic (exact) mass is 447 g/mol. The van der Waals surface area contributed by atoms with Crippen molar-refractivity contribution in [1.29, 1.82) is 0 Å². The fourth-order valence-electron chi connectivity index (χ4n) is 3.43. The van der Waals surface area contributed by atoms with Gasteiger partial charge in [0.2, 0.25) is 0 Å². The molecule has 8 heteroatoms. The molecule has 1 aromatic heterocycles. The summed E-state index contributed by atoms with van der Waals surface area (Å²) in [5, 5.41) is 5.04. The Bertz CT molecular complexity index is 895. The molecule has 0 spiro atoms. The lowest BCUT2D eigenvalue weighted by Crippen LogP contribution is -2.44. The standard InChI is InChI=1S/C23H37N5O2S/c1-6-27(7-2)13-14-28(23(31)24-11-8-12-26(3)4)17-19-15-18-9-10-20(30-5)16-21(18)25-22(19)29/h9-10,15-16H,6-8,11-14,17H2,1-5H3,(H,24,31)(H,25,29). The van der Waals surface area contributed by atoms with Gasteiger partial charge in [0.15, 0.2) is 5.11 Å². The highest BCUT2D eigenvalue weighted by Crippen LogP contribution is 2.19. The smallest absolute Gasteiger partial charge is 0.253 e. The van der Waals surface area contributed by atoms with Crippen LogP contribution in [0.15, 0.2) is 29.1 Å². The van der Waals surface area contributed by atoms with Crippen LogP contribution in [0.5, 0.6) is 5.75 Å². The summed E-state index contributed by atoms with van der Waals surface area (Å²) in [5.41, 5.74) is 1.38. The fraction of sp³-hybridized carbons (Fsp3) is 0.565. The van der Waals surface area contributed by atoms with Gasteiger partial charge in [0.25, 0.3) is 5.56 Å². The lowest BCUT2D eigenvalue weighted by atomic mass is 10.1. The number of nitrogens with zero attached hydrogens (tertiary/aromatic N) is 3. The minimum atomic E-state index is -0.0935. The van der Waals surface area contributed by atoms with E-state index in [1.165, 1.54) is 0 Å². The molecule has 0 saturated carbocycles. The summed E-state index contributed by atoms with van der Waals surface area (Å²) < 4.78 is 5.26. The second-order valence-corrected chi connectivity index (χ2v) is 8.30. The van der Waals surface area contributed by atoms with Crippen LogP contribution in [0.1, 0.15) is 25.8 Å². The third kappa shape index (κ3) is 7.79. The van der Waals surface area contributed by atoms with E-state index < -0.39 is 0 Å². The van der Waals surface area contributed by atoms with E-state index in [1.807, 2.05) is 24.3 Å². The van der Waals surface area contributed by atoms with Crippen molar-refractivity contribution >= 4 is 28.2 Å². The second-order valence-electron chi connectivity index (χ2n) is 7.91. The fourth-order valence-corrected chi connectivity index (χ4v) is 3.69. The highest BCUT2D eigenvalue weighted by Gasteiger charge is 2.14. The van der Waals surface area contributed by atoms with Crippen LogP contribution in [-0.4, -0.2) is 85.3 Å². The number of aromatic amines is 1. The summed E-state index contributed by atoms with van der Waals surface area (Å²) in [6.07, 6.45) is 1.01. The van der Waals surface area contributed by atoms with Crippen molar-refractivity contribution in [1.82, 2.24) is 25.0 Å². The van der Waals surface area contributed by atoms with E-state index in [1.54, 1.807) is 7.11 Å². The van der Waals surface area contributed by atoms with Gasteiger partial charge in [-0.15, -0.1) is 0 Å². The van der Waals surface area contributed by atoms with Crippen LogP contribution >= 0.6 is 12.2 Å². The van der Waals surface area contributed by atoms with Crippen molar-refractivity contribution in [3.05, 3.63) is 40.2 Å². The van der Waals surface area contributed by atoms with Crippen LogP contribution in [0.4, 0.5) is 0 Å². The maximum Gasteiger partial charge on any atom is 0.253 e. The summed E-state index contributed by atoms with van der Waals surface area (Å²) in [4.78, 5) is 22.4. The molecule has 172 valence electrons. The van der Waals surface area contributed by atoms with E-state index in [0.29, 0.717) is 17.2 Å². The number of nitrogens with one attached hydrogen (secondary N) is 2. The zero-order valence-electron chi connectivity index (χ0n) is 19.5. The van der Waals surface area contributed by atoms with Gasteiger partial charge in [-0.2, -0.15) is 0 Å². The highest BCUT2D eigenvalue weighted by molar-refractivity contribution is 7.80. The van der Waals surface area contributed by atoms with Crippen molar-refractivity contribution in [3.8, 4) is 5.75 Å². The maximum absolute atomic E-state index is 12.8. The number of benzene rings is 1. The van der Waals surface area contributed by atoms with E-state index in [2.05, 4.69) is 52.9 Å². The lowest BCUT2D eigenvalue weighted by Gasteiger charge is -2.29. The van der Waals surface area contributed by atoms with Gasteiger partial charge in [-0.3, -0.25) is 4.79 Å². The van der Waals surface area contributed by atoms with E-state index in [9.17, 15) is 4.79 Å².